The van der Waals surface area contributed by atoms with Gasteiger partial charge in [-0.15, -0.1) is 0 Å². The van der Waals surface area contributed by atoms with E-state index in [4.69, 9.17) is 0 Å². The summed E-state index contributed by atoms with van der Waals surface area (Å²) in [5.41, 5.74) is 0. The van der Waals surface area contributed by atoms with E-state index in [0.717, 1.165) is 9.79 Å². The largest absolute Gasteiger partial charge is 0.222 e. The Balaban J connectivity index is 2.48. The molecule has 16 heavy (non-hydrogen) atoms. The lowest BCUT2D eigenvalue weighted by Crippen LogP contribution is -1.86. The summed E-state index contributed by atoms with van der Waals surface area (Å²) >= 11 is 0. The molecule has 2 nitrogen and oxygen atoms in total. The Morgan fingerprint density at radius 3 is 1.31 bits per heavy atom. The molecule has 4 heteroatoms. The van der Waals surface area contributed by atoms with Crippen molar-refractivity contribution < 1.29 is 8.42 Å². The van der Waals surface area contributed by atoms with Crippen molar-refractivity contribution in [2.45, 2.75) is 9.79 Å². The van der Waals surface area contributed by atoms with Crippen LogP contribution in [0.3, 0.4) is 0 Å². The maximum absolute atomic E-state index is 11.4. The van der Waals surface area contributed by atoms with Gasteiger partial charge in [-0.25, -0.2) is 8.42 Å². The molecule has 0 saturated carbocycles. The standard InChI is InChI=1S/C12H12O2S2/c13-16(14)15(11-7-3-1-4-8-11)12-9-5-2-6-10-12/h1-10,15-16H. The van der Waals surface area contributed by atoms with Crippen molar-refractivity contribution >= 4 is 19.7 Å². The van der Waals surface area contributed by atoms with Crippen LogP contribution in [0.1, 0.15) is 0 Å². The molecular formula is C12H12O2S2. The van der Waals surface area contributed by atoms with Crippen LogP contribution in [0.2, 0.25) is 0 Å². The highest BCUT2D eigenvalue weighted by atomic mass is 33.1. The van der Waals surface area contributed by atoms with E-state index in [9.17, 15) is 8.42 Å². The van der Waals surface area contributed by atoms with Gasteiger partial charge in [0, 0.05) is 9.79 Å². The second-order valence-corrected chi connectivity index (χ2v) is 7.53. The van der Waals surface area contributed by atoms with Gasteiger partial charge in [-0.05, 0) is 24.3 Å². The van der Waals surface area contributed by atoms with Gasteiger partial charge < -0.3 is 0 Å². The summed E-state index contributed by atoms with van der Waals surface area (Å²) < 4.78 is 22.7. The van der Waals surface area contributed by atoms with Crippen LogP contribution in [-0.2, 0) is 9.74 Å². The van der Waals surface area contributed by atoms with E-state index in [1.54, 1.807) is 0 Å². The van der Waals surface area contributed by atoms with Crippen LogP contribution in [0.5, 0.6) is 0 Å². The van der Waals surface area contributed by atoms with Crippen molar-refractivity contribution in [1.29, 1.82) is 0 Å². The van der Waals surface area contributed by atoms with E-state index in [1.807, 2.05) is 60.7 Å². The van der Waals surface area contributed by atoms with E-state index >= 15 is 0 Å². The molecule has 0 saturated heterocycles. The fourth-order valence-corrected chi connectivity index (χ4v) is 4.99. The van der Waals surface area contributed by atoms with Gasteiger partial charge in [0.1, 0.15) is 0 Å². The van der Waals surface area contributed by atoms with Crippen LogP contribution >= 0.6 is 9.93 Å². The minimum Gasteiger partial charge on any atom is -0.222 e. The molecule has 0 heterocycles. The number of benzene rings is 2. The zero-order chi connectivity index (χ0) is 11.4. The summed E-state index contributed by atoms with van der Waals surface area (Å²) in [4.78, 5) is 1.75. The molecule has 2 rings (SSSR count). The molecule has 0 aliphatic carbocycles. The van der Waals surface area contributed by atoms with E-state index in [-0.39, 0.29) is 0 Å². The Morgan fingerprint density at radius 2 is 1.00 bits per heavy atom. The van der Waals surface area contributed by atoms with E-state index in [0.29, 0.717) is 0 Å². The molecule has 2 aromatic rings. The molecule has 0 N–H and O–H groups in total. The molecule has 0 aromatic heterocycles. The topological polar surface area (TPSA) is 34.1 Å². The third-order valence-corrected chi connectivity index (χ3v) is 6.43. The molecule has 2 aromatic carbocycles. The average molecular weight is 252 g/mol. The smallest absolute Gasteiger partial charge is 0.179 e. The summed E-state index contributed by atoms with van der Waals surface area (Å²) in [5.74, 6) is 0. The molecule has 0 unspecified atom stereocenters. The van der Waals surface area contributed by atoms with Crippen molar-refractivity contribution in [3.8, 4) is 0 Å². The zero-order valence-electron chi connectivity index (χ0n) is 8.48. The molecule has 0 atom stereocenters. The van der Waals surface area contributed by atoms with E-state index < -0.39 is 19.7 Å². The summed E-state index contributed by atoms with van der Waals surface area (Å²) in [6.45, 7) is 0. The molecule has 0 aliphatic rings. The van der Waals surface area contributed by atoms with E-state index in [1.165, 1.54) is 0 Å². The summed E-state index contributed by atoms with van der Waals surface area (Å²) in [6, 6.07) is 18.7. The van der Waals surface area contributed by atoms with Crippen molar-refractivity contribution in [3.05, 3.63) is 60.7 Å². The number of hydrogen-bond acceptors (Lipinski definition) is 2. The normalized spacial score (nSPS) is 11.4. The molecule has 84 valence electrons. The third-order valence-electron chi connectivity index (χ3n) is 2.16. The number of rotatable bonds is 3. The molecule has 0 radical (unpaired) electrons. The zero-order valence-corrected chi connectivity index (χ0v) is 10.3. The van der Waals surface area contributed by atoms with Crippen LogP contribution in [0.25, 0.3) is 0 Å². The average Bonchev–Trinajstić information content (AvgIpc) is 2.31. The molecule has 0 fully saturated rings. The van der Waals surface area contributed by atoms with Crippen LogP contribution < -0.4 is 0 Å². The number of thiol groups is 2. The highest BCUT2D eigenvalue weighted by Gasteiger charge is 2.10. The van der Waals surface area contributed by atoms with Crippen molar-refractivity contribution in [1.82, 2.24) is 0 Å². The van der Waals surface area contributed by atoms with Gasteiger partial charge in [-0.3, -0.25) is 0 Å². The Hall–Kier alpha value is -1.26. The van der Waals surface area contributed by atoms with Gasteiger partial charge >= 0.3 is 0 Å². The summed E-state index contributed by atoms with van der Waals surface area (Å²) in [6.07, 6.45) is 0. The second kappa shape index (κ2) is 5.18. The van der Waals surface area contributed by atoms with Crippen molar-refractivity contribution in [3.63, 3.8) is 0 Å². The van der Waals surface area contributed by atoms with Gasteiger partial charge in [-0.1, -0.05) is 46.3 Å². The minimum atomic E-state index is -2.45. The Bertz CT molecular complexity index is 474. The number of hydrogen-bond donors (Lipinski definition) is 2. The maximum atomic E-state index is 11.4. The first-order chi connectivity index (χ1) is 7.79. The van der Waals surface area contributed by atoms with Gasteiger partial charge in [-0.2, -0.15) is 0 Å². The quantitative estimate of drug-likeness (QED) is 0.650. The molecule has 0 bridgehead atoms. The lowest BCUT2D eigenvalue weighted by atomic mass is 10.4. The minimum absolute atomic E-state index is 0.875. The van der Waals surface area contributed by atoms with Crippen LogP contribution in [-0.4, -0.2) is 8.42 Å². The summed E-state index contributed by atoms with van der Waals surface area (Å²) in [5, 5.41) is 0. The SMILES string of the molecule is O=[SH](=O)[SH](c1ccccc1)c1ccccc1. The first-order valence-corrected chi connectivity index (χ1v) is 8.06. The van der Waals surface area contributed by atoms with Gasteiger partial charge in [0.15, 0.2) is 9.74 Å². The van der Waals surface area contributed by atoms with Crippen molar-refractivity contribution in [2.24, 2.45) is 0 Å². The fourth-order valence-electron chi connectivity index (χ4n) is 1.48. The predicted octanol–water partition coefficient (Wildman–Crippen LogP) is 2.63. The van der Waals surface area contributed by atoms with Gasteiger partial charge in [0.25, 0.3) is 0 Å². The molecule has 0 spiro atoms. The summed E-state index contributed by atoms with van der Waals surface area (Å²) in [7, 11) is -3.71. The lowest BCUT2D eigenvalue weighted by Gasteiger charge is -2.15. The van der Waals surface area contributed by atoms with Crippen LogP contribution in [0.4, 0.5) is 0 Å². The second-order valence-electron chi connectivity index (χ2n) is 3.22. The predicted molar refractivity (Wildman–Crippen MR) is 68.7 cm³/mol. The highest BCUT2D eigenvalue weighted by molar-refractivity contribution is 8.74. The Kier molecular flexibility index (Phi) is 3.64. The monoisotopic (exact) mass is 252 g/mol. The fraction of sp³-hybridized carbons (Fsp3) is 0. The Morgan fingerprint density at radius 1 is 0.625 bits per heavy atom. The van der Waals surface area contributed by atoms with Gasteiger partial charge in [0.2, 0.25) is 0 Å². The first kappa shape index (κ1) is 11.2. The molecule has 0 aliphatic heterocycles. The maximum Gasteiger partial charge on any atom is 0.179 e. The van der Waals surface area contributed by atoms with Crippen molar-refractivity contribution in [2.75, 3.05) is 0 Å². The van der Waals surface area contributed by atoms with Crippen LogP contribution in [0.15, 0.2) is 70.5 Å². The lowest BCUT2D eigenvalue weighted by molar-refractivity contribution is 0.626. The molecular weight excluding hydrogens is 240 g/mol. The molecule has 0 amide bonds. The highest BCUT2D eigenvalue weighted by Crippen LogP contribution is 2.44. The van der Waals surface area contributed by atoms with Crippen LogP contribution in [0, 0.1) is 0 Å². The first-order valence-electron chi connectivity index (χ1n) is 4.83. The third kappa shape index (κ3) is 2.46. The van der Waals surface area contributed by atoms with Gasteiger partial charge in [0.05, 0.1) is 0 Å². The van der Waals surface area contributed by atoms with E-state index in [2.05, 4.69) is 0 Å². The Labute approximate surface area is 98.6 Å².